The number of unbranched alkanes of at least 4 members (excludes halogenated alkanes) is 1. The molecule has 5 nitrogen and oxygen atoms in total. The van der Waals surface area contributed by atoms with E-state index in [0.717, 1.165) is 35.8 Å². The second-order valence-corrected chi connectivity index (χ2v) is 24.2. The number of halogens is 4. The average molecular weight is 634 g/mol. The maximum atomic E-state index is 12.1. The van der Waals surface area contributed by atoms with Gasteiger partial charge in [-0.3, -0.25) is 0 Å². The fourth-order valence-corrected chi connectivity index (χ4v) is 13.0. The first kappa shape index (κ1) is 23.2. The molecule has 0 saturated carbocycles. The van der Waals surface area contributed by atoms with Gasteiger partial charge in [0.25, 0.3) is 0 Å². The molecule has 10 heteroatoms. The Morgan fingerprint density at radius 1 is 1.32 bits per heavy atom. The van der Waals surface area contributed by atoms with Gasteiger partial charge >= 0.3 is 173 Å². The first-order valence-corrected chi connectivity index (χ1v) is 20.2. The van der Waals surface area contributed by atoms with Crippen LogP contribution in [0.25, 0.3) is 0 Å². The fraction of sp³-hybridized carbons (Fsp3) is 0.400. The van der Waals surface area contributed by atoms with Crippen molar-refractivity contribution in [2.45, 2.75) is 31.1 Å². The van der Waals surface area contributed by atoms with Gasteiger partial charge in [-0.25, -0.2) is 0 Å². The predicted molar refractivity (Wildman–Crippen MR) is 104 cm³/mol. The Kier molecular flexibility index (Phi) is 10.4. The predicted octanol–water partition coefficient (Wildman–Crippen LogP) is 2.07. The van der Waals surface area contributed by atoms with Crippen molar-refractivity contribution in [2.75, 3.05) is 9.36 Å². The van der Waals surface area contributed by atoms with Gasteiger partial charge in [-0.15, -0.1) is 0 Å². The Morgan fingerprint density at radius 2 is 1.92 bits per heavy atom. The second-order valence-electron chi connectivity index (χ2n) is 4.61. The van der Waals surface area contributed by atoms with Crippen molar-refractivity contribution >= 4 is 53.1 Å². The van der Waals surface area contributed by atoms with E-state index < -0.39 is 48.1 Å². The van der Waals surface area contributed by atoms with Crippen LogP contribution in [-0.4, -0.2) is 26.3 Å². The summed E-state index contributed by atoms with van der Waals surface area (Å²) in [5.74, 6) is 6.03. The molecule has 0 atom stereocenters. The van der Waals surface area contributed by atoms with E-state index in [1.165, 1.54) is 0 Å². The van der Waals surface area contributed by atoms with Crippen LogP contribution in [0.4, 0.5) is 4.79 Å². The fourth-order valence-electron chi connectivity index (χ4n) is 1.57. The van der Waals surface area contributed by atoms with Crippen molar-refractivity contribution < 1.29 is 39.7 Å². The van der Waals surface area contributed by atoms with Crippen LogP contribution in [0, 0.1) is 11.8 Å². The normalized spacial score (nSPS) is 11.6. The van der Waals surface area contributed by atoms with Gasteiger partial charge in [-0.05, 0) is 0 Å². The number of benzene rings is 1. The van der Waals surface area contributed by atoms with Gasteiger partial charge in [-0.2, -0.15) is 0 Å². The summed E-state index contributed by atoms with van der Waals surface area (Å²) < 4.78 is 37.2. The molecule has 1 aromatic carbocycles. The monoisotopic (exact) mass is 633 g/mol. The first-order chi connectivity index (χ1) is 11.6. The van der Waals surface area contributed by atoms with E-state index in [2.05, 4.69) is 16.8 Å². The molecule has 0 aromatic heterocycles. The molecular weight excluding hydrogens is 617 g/mol. The minimum atomic E-state index is -4.43. The molecule has 0 bridgehead atoms. The van der Waals surface area contributed by atoms with Crippen molar-refractivity contribution in [3.05, 3.63) is 22.2 Å². The van der Waals surface area contributed by atoms with E-state index in [-0.39, 0.29) is 19.8 Å². The summed E-state index contributed by atoms with van der Waals surface area (Å²) in [5.41, 5.74) is 0. The molecule has 0 unspecified atom stereocenters. The van der Waals surface area contributed by atoms with Crippen LogP contribution in [-0.2, 0) is 10.1 Å². The van der Waals surface area contributed by atoms with Crippen molar-refractivity contribution in [2.24, 2.45) is 0 Å². The van der Waals surface area contributed by atoms with Gasteiger partial charge in [0, 0.05) is 0 Å². The molecular formula is C15H17Cl2I2O5S-. The van der Waals surface area contributed by atoms with Crippen LogP contribution >= 0.6 is 39.0 Å². The van der Waals surface area contributed by atoms with E-state index in [4.69, 9.17) is 32.5 Å². The Labute approximate surface area is 171 Å². The number of carbonyl (C=O) groups is 1. The van der Waals surface area contributed by atoms with E-state index >= 15 is 0 Å². The molecule has 25 heavy (non-hydrogen) atoms. The molecule has 0 spiro atoms. The first-order valence-electron chi connectivity index (χ1n) is 7.01. The van der Waals surface area contributed by atoms with Crippen molar-refractivity contribution in [1.82, 2.24) is 0 Å². The topological polar surface area (TPSA) is 80.7 Å². The molecule has 0 amide bonds. The van der Waals surface area contributed by atoms with Crippen LogP contribution in [0.2, 0.25) is 10.0 Å². The summed E-state index contributed by atoms with van der Waals surface area (Å²) in [4.78, 5) is 13.8. The van der Waals surface area contributed by atoms with Gasteiger partial charge in [0.1, 0.15) is 0 Å². The molecule has 1 aromatic rings. The van der Waals surface area contributed by atoms with E-state index in [1.807, 2.05) is 6.92 Å². The van der Waals surface area contributed by atoms with Gasteiger partial charge in [0.2, 0.25) is 0 Å². The minimum absolute atomic E-state index is 0.0708. The summed E-state index contributed by atoms with van der Waals surface area (Å²) in [6.07, 6.45) is 2.70. The van der Waals surface area contributed by atoms with Crippen LogP contribution < -0.4 is 22.0 Å². The zero-order valence-corrected chi connectivity index (χ0v) is 20.1. The Morgan fingerprint density at radius 3 is 2.44 bits per heavy atom. The molecule has 0 fully saturated rings. The van der Waals surface area contributed by atoms with Gasteiger partial charge in [-0.1, -0.05) is 0 Å². The summed E-state index contributed by atoms with van der Waals surface area (Å²) in [7, 11) is -4.43. The third kappa shape index (κ3) is 8.62. The van der Waals surface area contributed by atoms with Gasteiger partial charge in [0.05, 0.1) is 0 Å². The van der Waals surface area contributed by atoms with Crippen LogP contribution in [0.1, 0.15) is 26.2 Å². The van der Waals surface area contributed by atoms with Crippen molar-refractivity contribution in [1.29, 1.82) is 0 Å². The molecule has 0 heterocycles. The number of ether oxygens (including phenoxy) is 1. The number of alkyl halides is 2. The summed E-state index contributed by atoms with van der Waals surface area (Å²) in [6, 6.07) is 2.00. The summed E-state index contributed by atoms with van der Waals surface area (Å²) in [5, 5.41) is -0.271. The van der Waals surface area contributed by atoms with E-state index in [9.17, 15) is 13.2 Å². The second kappa shape index (κ2) is 11.1. The third-order valence-electron chi connectivity index (χ3n) is 2.63. The van der Waals surface area contributed by atoms with Gasteiger partial charge in [0.15, 0.2) is 0 Å². The Bertz CT molecular complexity index is 764. The van der Waals surface area contributed by atoms with Crippen LogP contribution in [0.5, 0.6) is 5.75 Å². The number of rotatable bonds is 7. The molecule has 1 rings (SSSR count). The van der Waals surface area contributed by atoms with Crippen LogP contribution in [0.3, 0.4) is 0 Å². The maximum absolute atomic E-state index is 12.1. The van der Waals surface area contributed by atoms with Crippen molar-refractivity contribution in [3.8, 4) is 17.6 Å². The molecule has 1 N–H and O–H groups in total. The SMILES string of the molecule is CCC#CCCCI(C)[I-]C(=O)Oc1c(Cl)cc(S(=O)(=O)O)cc1Cl. The molecule has 0 aliphatic rings. The summed E-state index contributed by atoms with van der Waals surface area (Å²) in [6.45, 7) is 2.01. The van der Waals surface area contributed by atoms with Gasteiger partial charge < -0.3 is 0 Å². The molecule has 0 saturated heterocycles. The standard InChI is InChI=1S/C15H17Cl2I2O5S/c1-3-4-5-6-7-8-19(2)18-15(20)24-14-12(16)9-11(10-13(14)17)25(21,22)23/h9-10H,3,6-8H2,1-2H3,(H,21,22,23)/q-1. The van der Waals surface area contributed by atoms with E-state index in [0.29, 0.717) is 0 Å². The Balaban J connectivity index is 2.65. The molecule has 0 aliphatic heterocycles. The zero-order valence-electron chi connectivity index (χ0n) is 13.5. The third-order valence-corrected chi connectivity index (χ3v) is 17.2. The molecule has 0 aliphatic carbocycles. The summed E-state index contributed by atoms with van der Waals surface area (Å²) >= 11 is 9.75. The zero-order chi connectivity index (χ0) is 19.0. The number of hydrogen-bond donors (Lipinski definition) is 1. The average Bonchev–Trinajstić information content (AvgIpc) is 2.49. The number of hydrogen-bond acceptors (Lipinski definition) is 4. The Hall–Kier alpha value is 0.200. The quantitative estimate of drug-likeness (QED) is 0.124. The van der Waals surface area contributed by atoms with E-state index in [1.54, 1.807) is 0 Å². The molecule has 142 valence electrons. The number of carbonyl (C=O) groups excluding carboxylic acids is 1. The molecule has 0 radical (unpaired) electrons. The van der Waals surface area contributed by atoms with Crippen molar-refractivity contribution in [3.63, 3.8) is 0 Å². The van der Waals surface area contributed by atoms with Crippen LogP contribution in [0.15, 0.2) is 17.0 Å².